The zero-order valence-electron chi connectivity index (χ0n) is 14.8. The van der Waals surface area contributed by atoms with E-state index in [1.54, 1.807) is 0 Å². The second kappa shape index (κ2) is 7.98. The number of nitrogens with zero attached hydrogens (tertiary/aromatic N) is 1. The molecule has 3 aromatic carbocycles. The van der Waals surface area contributed by atoms with Gasteiger partial charge in [-0.2, -0.15) is 0 Å². The molecule has 3 aromatic rings. The van der Waals surface area contributed by atoms with Gasteiger partial charge in [-0.3, -0.25) is 9.79 Å². The zero-order chi connectivity index (χ0) is 18.5. The number of hydrogen-bond donors (Lipinski definition) is 1. The number of carbonyl (C=O) groups excluding carboxylic acids is 1. The summed E-state index contributed by atoms with van der Waals surface area (Å²) >= 11 is 0. The molecule has 0 aliphatic carbocycles. The van der Waals surface area contributed by atoms with Gasteiger partial charge in [0.1, 0.15) is 0 Å². The van der Waals surface area contributed by atoms with E-state index >= 15 is 0 Å². The predicted molar refractivity (Wildman–Crippen MR) is 107 cm³/mol. The van der Waals surface area contributed by atoms with Gasteiger partial charge < -0.3 is 10.1 Å². The summed E-state index contributed by atoms with van der Waals surface area (Å²) in [5.41, 5.74) is 4.55. The van der Waals surface area contributed by atoms with Crippen molar-refractivity contribution in [1.29, 1.82) is 0 Å². The number of aliphatic imine (C=N–C) groups is 1. The topological polar surface area (TPSA) is 50.7 Å². The molecule has 0 saturated carbocycles. The van der Waals surface area contributed by atoms with Crippen LogP contribution in [-0.4, -0.2) is 24.3 Å². The Morgan fingerprint density at radius 3 is 2.30 bits per heavy atom. The number of benzene rings is 3. The van der Waals surface area contributed by atoms with E-state index in [1.165, 1.54) is 0 Å². The van der Waals surface area contributed by atoms with Crippen LogP contribution in [0.25, 0.3) is 0 Å². The van der Waals surface area contributed by atoms with Crippen LogP contribution in [0.5, 0.6) is 0 Å². The van der Waals surface area contributed by atoms with Crippen molar-refractivity contribution < 1.29 is 9.53 Å². The molecule has 0 bridgehead atoms. The summed E-state index contributed by atoms with van der Waals surface area (Å²) in [4.78, 5) is 17.5. The van der Waals surface area contributed by atoms with E-state index in [4.69, 9.17) is 9.73 Å². The molecule has 1 aliphatic rings. The third-order valence-corrected chi connectivity index (χ3v) is 4.46. The van der Waals surface area contributed by atoms with Gasteiger partial charge >= 0.3 is 0 Å². The minimum atomic E-state index is -0.601. The molecule has 27 heavy (non-hydrogen) atoms. The van der Waals surface area contributed by atoms with Crippen LogP contribution < -0.4 is 5.32 Å². The molecule has 0 saturated heterocycles. The van der Waals surface area contributed by atoms with Gasteiger partial charge in [0.05, 0.1) is 24.6 Å². The monoisotopic (exact) mass is 356 g/mol. The highest BCUT2D eigenvalue weighted by Crippen LogP contribution is 2.24. The Balaban J connectivity index is 1.61. The predicted octanol–water partition coefficient (Wildman–Crippen LogP) is 4.06. The van der Waals surface area contributed by atoms with Crippen molar-refractivity contribution in [3.05, 3.63) is 102 Å². The van der Waals surface area contributed by atoms with Crippen LogP contribution in [0.15, 0.2) is 89.9 Å². The molecule has 4 heteroatoms. The van der Waals surface area contributed by atoms with Gasteiger partial charge in [0.2, 0.25) is 0 Å². The molecule has 0 aromatic heterocycles. The third-order valence-electron chi connectivity index (χ3n) is 4.46. The molecule has 1 atom stereocenters. The molecule has 0 radical (unpaired) electrons. The van der Waals surface area contributed by atoms with Gasteiger partial charge in [0.25, 0.3) is 5.91 Å². The highest BCUT2D eigenvalue weighted by atomic mass is 16.5. The van der Waals surface area contributed by atoms with E-state index in [-0.39, 0.29) is 12.5 Å². The number of nitrogens with one attached hydrogen (secondary N) is 1. The summed E-state index contributed by atoms with van der Waals surface area (Å²) in [7, 11) is 0. The highest BCUT2D eigenvalue weighted by Gasteiger charge is 2.25. The molecule has 1 N–H and O–H groups in total. The fourth-order valence-electron chi connectivity index (χ4n) is 3.10. The Kier molecular flexibility index (Phi) is 5.08. The molecule has 0 spiro atoms. The molecule has 4 nitrogen and oxygen atoms in total. The van der Waals surface area contributed by atoms with Crippen molar-refractivity contribution in [3.63, 3.8) is 0 Å². The van der Waals surface area contributed by atoms with Crippen LogP contribution in [0.3, 0.4) is 0 Å². The smallest absolute Gasteiger partial charge is 0.251 e. The molecule has 0 fully saturated rings. The van der Waals surface area contributed by atoms with E-state index in [9.17, 15) is 4.79 Å². The molecule has 0 unspecified atom stereocenters. The lowest BCUT2D eigenvalue weighted by Crippen LogP contribution is -2.30. The number of fused-ring (bicyclic) bond motifs is 1. The molecule has 1 amide bonds. The zero-order valence-corrected chi connectivity index (χ0v) is 14.8. The van der Waals surface area contributed by atoms with E-state index in [1.807, 2.05) is 84.9 Å². The Bertz CT molecular complexity index is 952. The summed E-state index contributed by atoms with van der Waals surface area (Å²) in [5.74, 6) is -0.151. The van der Waals surface area contributed by atoms with E-state index in [2.05, 4.69) is 5.32 Å². The van der Waals surface area contributed by atoms with Gasteiger partial charge in [-0.05, 0) is 11.6 Å². The van der Waals surface area contributed by atoms with Crippen molar-refractivity contribution >= 4 is 17.3 Å². The number of rotatable bonds is 5. The second-order valence-electron chi connectivity index (χ2n) is 6.40. The molecular formula is C23H20N2O2. The first-order valence-corrected chi connectivity index (χ1v) is 8.96. The maximum absolute atomic E-state index is 12.7. The minimum absolute atomic E-state index is 0.151. The van der Waals surface area contributed by atoms with Crippen molar-refractivity contribution in [2.24, 2.45) is 4.99 Å². The first-order valence-electron chi connectivity index (χ1n) is 8.96. The second-order valence-corrected chi connectivity index (χ2v) is 6.40. The molecule has 1 aliphatic heterocycles. The fraction of sp³-hybridized carbons (Fsp3) is 0.130. The number of carbonyl (C=O) groups is 1. The van der Waals surface area contributed by atoms with E-state index < -0.39 is 6.04 Å². The van der Waals surface area contributed by atoms with Gasteiger partial charge in [-0.25, -0.2) is 0 Å². The third kappa shape index (κ3) is 3.96. The van der Waals surface area contributed by atoms with Gasteiger partial charge in [-0.15, -0.1) is 0 Å². The fourth-order valence-corrected chi connectivity index (χ4v) is 3.10. The van der Waals surface area contributed by atoms with Gasteiger partial charge in [0, 0.05) is 11.1 Å². The lowest BCUT2D eigenvalue weighted by Gasteiger charge is -2.12. The summed E-state index contributed by atoms with van der Waals surface area (Å²) in [6.45, 7) is 0.679. The van der Waals surface area contributed by atoms with Gasteiger partial charge in [0.15, 0.2) is 6.04 Å². The molecular weight excluding hydrogens is 336 g/mol. The number of ether oxygens (including phenoxy) is 1. The maximum atomic E-state index is 12.7. The van der Waals surface area contributed by atoms with Gasteiger partial charge in [-0.1, -0.05) is 78.9 Å². The molecule has 134 valence electrons. The van der Waals surface area contributed by atoms with Crippen molar-refractivity contribution in [2.75, 3.05) is 11.9 Å². The Hall–Kier alpha value is -3.24. The number of hydrogen-bond acceptors (Lipinski definition) is 3. The number of benzodiazepines with no additional fused rings is 1. The Morgan fingerprint density at radius 1 is 0.852 bits per heavy atom. The SMILES string of the molecule is O=C1Nc2ccccc2C(c2ccccc2)=N[C@H]1COCc1ccccc1. The average molecular weight is 356 g/mol. The quantitative estimate of drug-likeness (QED) is 0.749. The summed E-state index contributed by atoms with van der Waals surface area (Å²) in [6.07, 6.45) is 0. The van der Waals surface area contributed by atoms with Crippen molar-refractivity contribution in [2.45, 2.75) is 12.6 Å². The van der Waals surface area contributed by atoms with E-state index in [0.29, 0.717) is 6.61 Å². The average Bonchev–Trinajstić information content (AvgIpc) is 2.86. The molecule has 1 heterocycles. The summed E-state index contributed by atoms with van der Waals surface area (Å²) in [5, 5.41) is 2.99. The van der Waals surface area contributed by atoms with Crippen LogP contribution in [0.1, 0.15) is 16.7 Å². The lowest BCUT2D eigenvalue weighted by molar-refractivity contribution is -0.118. The van der Waals surface area contributed by atoms with Crippen LogP contribution in [-0.2, 0) is 16.1 Å². The number of anilines is 1. The highest BCUT2D eigenvalue weighted by molar-refractivity contribution is 6.19. The first kappa shape index (κ1) is 17.2. The standard InChI is InChI=1S/C23H20N2O2/c26-23-21(16-27-15-17-9-3-1-4-10-17)24-22(18-11-5-2-6-12-18)19-13-7-8-14-20(19)25-23/h1-14,21H,15-16H2,(H,25,26)/t21-/m0/s1. The maximum Gasteiger partial charge on any atom is 0.251 e. The summed E-state index contributed by atoms with van der Waals surface area (Å²) < 4.78 is 5.80. The van der Waals surface area contributed by atoms with Crippen molar-refractivity contribution in [3.8, 4) is 0 Å². The lowest BCUT2D eigenvalue weighted by atomic mass is 10.0. The minimum Gasteiger partial charge on any atom is -0.374 e. The molecule has 4 rings (SSSR count). The largest absolute Gasteiger partial charge is 0.374 e. The summed E-state index contributed by atoms with van der Waals surface area (Å²) in [6, 6.07) is 27.0. The number of amides is 1. The van der Waals surface area contributed by atoms with Crippen LogP contribution in [0, 0.1) is 0 Å². The Morgan fingerprint density at radius 2 is 1.52 bits per heavy atom. The van der Waals surface area contributed by atoms with Crippen LogP contribution in [0.2, 0.25) is 0 Å². The number of para-hydroxylation sites is 1. The van der Waals surface area contributed by atoms with Crippen LogP contribution in [0.4, 0.5) is 5.69 Å². The van der Waals surface area contributed by atoms with Crippen LogP contribution >= 0.6 is 0 Å². The van der Waals surface area contributed by atoms with Crippen molar-refractivity contribution in [1.82, 2.24) is 0 Å². The normalized spacial score (nSPS) is 16.1. The Labute approximate surface area is 158 Å². The first-order chi connectivity index (χ1) is 13.3. The van der Waals surface area contributed by atoms with E-state index in [0.717, 1.165) is 28.1 Å².